The highest BCUT2D eigenvalue weighted by molar-refractivity contribution is 5.73. The van der Waals surface area contributed by atoms with Crippen molar-refractivity contribution in [1.82, 2.24) is 10.6 Å². The number of aliphatic hydroxyl groups excluding tert-OH is 33. The van der Waals surface area contributed by atoms with Gasteiger partial charge in [0.1, 0.15) is 268 Å². The standard InChI is InChI=1S/C70H118N2O56/c1-14(82)71-27-38(93)52(23(10-80)110-60(27)107)121-61-28(72-15(2)83)39(94)53(24(11-81)118-61)122-67-51(106)56(37(92)26(119-67)13-108-62-46(101)40(95)29(84)16(3-73)111-62)125-70-59(45(100)34(89)25(120-70)12-109-68-57(43(98)32(87)19(6-76)116-68)126-64-48(103)42(97)31(86)18(5-75)113-64)128-69-58(44(99)33(88)20(7-77)117-69)127-66-50(105)55(36(91)22(9-79)115-66)124-65-49(104)54(35(90)21(8-78)114-65)123-63-47(102)41(96)30(85)17(4-74)112-63/h16-70,73-81,84-107H,3-13H2,1-2H3,(H,71,82)(H,72,83)/t16-,17-,18-,19-,20-,21-,22-,23-,24-,25-,26-,27-,28-,29-,30-,31-,32-,33-,34-,35-,36-,37-,38-,39-,40+,41+,42+,43+,44+,45+,46+,47-,48+,49-,50+,51+,52-,53-,54+,55+,56+,57+,58+,59+,60-,61+,62+,63-,64-,65-,66-,67+,68+,69-,70-/m1/s1. The number of rotatable bonds is 33. The second-order valence-electron chi connectivity index (χ2n) is 32.3. The molecule has 11 aliphatic heterocycles. The summed E-state index contributed by atoms with van der Waals surface area (Å²) in [5.41, 5.74) is 0. The molecule has 11 saturated heterocycles. The molecule has 128 heavy (non-hydrogen) atoms. The van der Waals surface area contributed by atoms with Crippen LogP contribution in [0.3, 0.4) is 0 Å². The minimum absolute atomic E-state index is 0.814. The fourth-order valence-corrected chi connectivity index (χ4v) is 16.5. The molecule has 0 radical (unpaired) electrons. The summed E-state index contributed by atoms with van der Waals surface area (Å²) in [6.45, 7) is -10.7. The van der Waals surface area contributed by atoms with E-state index in [-0.39, 0.29) is 0 Å². The summed E-state index contributed by atoms with van der Waals surface area (Å²) < 4.78 is 123. The van der Waals surface area contributed by atoms with Crippen molar-refractivity contribution in [2.45, 2.75) is 351 Å². The van der Waals surface area contributed by atoms with Crippen molar-refractivity contribution >= 4 is 11.8 Å². The maximum atomic E-state index is 13.1. The van der Waals surface area contributed by atoms with Gasteiger partial charge in [0.05, 0.1) is 72.7 Å². The number of ether oxygens (including phenoxy) is 21. The van der Waals surface area contributed by atoms with E-state index in [1.807, 2.05) is 0 Å². The van der Waals surface area contributed by atoms with Gasteiger partial charge >= 0.3 is 0 Å². The SMILES string of the molecule is CC(=O)N[C@@H]1[C@@H](O)[C@H](O[C@@H]2O[C@H](CO)[C@@H](O[C@@H]3O[C@H](CO[C@H]4O[C@H](CO)[C@@H](O)[C@H](O)[C@@H]4O)[C@@H](O)[C@H](O[C@H]4O[C@H](CO[C@H]5O[C@H](CO)[C@@H](O)[C@H](O)[C@@H]5O[C@H]5O[C@H](CO)[C@@H](O)[C@H](O)[C@@H]5O)[C@@H](O)[C@H](O)[C@@H]4O[C@H]4O[C@H](CO)[C@@H](O)[C@H](O)[C@@H]4O[C@H]4O[C@H](CO)[C@@H](O)[C@H](O[C@H]5O[C@H](CO)[C@@H](O)[C@H](O[C@H]6O[C@H](CO)[C@@H](O)[C@H](O)[C@H]6O)[C@H]5O)[C@@H]4O)[C@@H]3O)[C@H](O)[C@H]2NC(C)=O)[C@@H](CO)O[C@H]1O. The van der Waals surface area contributed by atoms with Crippen molar-refractivity contribution in [2.75, 3.05) is 72.7 Å². The van der Waals surface area contributed by atoms with Crippen molar-refractivity contribution in [2.24, 2.45) is 0 Å². The maximum Gasteiger partial charge on any atom is 0.217 e. The second kappa shape index (κ2) is 45.8. The third kappa shape index (κ3) is 22.5. The average molecular weight is 1880 g/mol. The van der Waals surface area contributed by atoms with Crippen molar-refractivity contribution < 1.29 is 278 Å². The van der Waals surface area contributed by atoms with Crippen molar-refractivity contribution in [3.8, 4) is 0 Å². The van der Waals surface area contributed by atoms with Crippen LogP contribution in [0.5, 0.6) is 0 Å². The molecular weight excluding hydrogens is 1760 g/mol. The van der Waals surface area contributed by atoms with Gasteiger partial charge in [0, 0.05) is 13.8 Å². The molecule has 11 rings (SSSR count). The highest BCUT2D eigenvalue weighted by Crippen LogP contribution is 2.42. The Kier molecular flexibility index (Phi) is 37.7. The zero-order valence-electron chi connectivity index (χ0n) is 67.7. The molecule has 55 atom stereocenters. The zero-order chi connectivity index (χ0) is 94.0. The van der Waals surface area contributed by atoms with Crippen LogP contribution in [-0.4, -0.2) is 591 Å². The first-order valence-electron chi connectivity index (χ1n) is 40.7. The Morgan fingerprint density at radius 3 is 0.820 bits per heavy atom. The molecule has 11 aliphatic rings. The fourth-order valence-electron chi connectivity index (χ4n) is 16.5. The summed E-state index contributed by atoms with van der Waals surface area (Å²) >= 11 is 0. The molecule has 0 aromatic rings. The lowest BCUT2D eigenvalue weighted by Gasteiger charge is -2.51. The van der Waals surface area contributed by atoms with Gasteiger partial charge in [-0.15, -0.1) is 0 Å². The minimum atomic E-state index is -2.73. The molecular formula is C70H118N2O56. The van der Waals surface area contributed by atoms with Crippen LogP contribution in [0.2, 0.25) is 0 Å². The van der Waals surface area contributed by atoms with Crippen LogP contribution >= 0.6 is 0 Å². The van der Waals surface area contributed by atoms with Gasteiger partial charge < -0.3 is 279 Å². The molecule has 0 saturated carbocycles. The third-order valence-corrected chi connectivity index (χ3v) is 23.8. The molecule has 0 unspecified atom stereocenters. The number of carbonyl (C=O) groups excluding carboxylic acids is 2. The smallest absolute Gasteiger partial charge is 0.217 e. The van der Waals surface area contributed by atoms with Gasteiger partial charge in [-0.3, -0.25) is 9.59 Å². The summed E-state index contributed by atoms with van der Waals surface area (Å²) in [7, 11) is 0. The van der Waals surface area contributed by atoms with E-state index in [1.54, 1.807) is 0 Å². The molecule has 11 fully saturated rings. The van der Waals surface area contributed by atoms with E-state index in [9.17, 15) is 178 Å². The molecule has 0 aromatic carbocycles. The van der Waals surface area contributed by atoms with Crippen molar-refractivity contribution in [1.29, 1.82) is 0 Å². The minimum Gasteiger partial charge on any atom is -0.394 e. The largest absolute Gasteiger partial charge is 0.394 e. The van der Waals surface area contributed by atoms with Crippen LogP contribution in [0.25, 0.3) is 0 Å². The molecule has 744 valence electrons. The molecule has 11 heterocycles. The quantitative estimate of drug-likeness (QED) is 0.0290. The number of carbonyl (C=O) groups is 2. The van der Waals surface area contributed by atoms with Crippen molar-refractivity contribution in [3.63, 3.8) is 0 Å². The first-order valence-corrected chi connectivity index (χ1v) is 40.7. The van der Waals surface area contributed by atoms with Crippen molar-refractivity contribution in [3.05, 3.63) is 0 Å². The highest BCUT2D eigenvalue weighted by Gasteiger charge is 2.63. The van der Waals surface area contributed by atoms with Crippen LogP contribution in [0, 0.1) is 0 Å². The Morgan fingerprint density at radius 2 is 0.430 bits per heavy atom. The summed E-state index contributed by atoms with van der Waals surface area (Å²) in [6.07, 6.45) is -117. The fraction of sp³-hybridized carbons (Fsp3) is 0.971. The molecule has 58 heteroatoms. The Labute approximate surface area is 722 Å². The number of hydrogen-bond acceptors (Lipinski definition) is 56. The van der Waals surface area contributed by atoms with E-state index < -0.39 is 422 Å². The first kappa shape index (κ1) is 105. The highest BCUT2D eigenvalue weighted by atomic mass is 16.8. The summed E-state index contributed by atoms with van der Waals surface area (Å²) in [6, 6.07) is -3.66. The molecule has 0 spiro atoms. The maximum absolute atomic E-state index is 13.1. The summed E-state index contributed by atoms with van der Waals surface area (Å²) in [5, 5.41) is 373. The normalized spacial score (nSPS) is 51.7. The van der Waals surface area contributed by atoms with E-state index in [1.165, 1.54) is 0 Å². The lowest BCUT2D eigenvalue weighted by atomic mass is 9.94. The number of nitrogens with one attached hydrogen (secondary N) is 2. The second-order valence-corrected chi connectivity index (χ2v) is 32.3. The van der Waals surface area contributed by atoms with Gasteiger partial charge in [-0.1, -0.05) is 0 Å². The van der Waals surface area contributed by atoms with Crippen LogP contribution < -0.4 is 10.6 Å². The first-order chi connectivity index (χ1) is 60.7. The van der Waals surface area contributed by atoms with E-state index in [0.29, 0.717) is 0 Å². The third-order valence-electron chi connectivity index (χ3n) is 23.8. The zero-order valence-corrected chi connectivity index (χ0v) is 67.7. The van der Waals surface area contributed by atoms with Crippen LogP contribution in [0.15, 0.2) is 0 Å². The molecule has 0 bridgehead atoms. The monoisotopic (exact) mass is 1880 g/mol. The lowest BCUT2D eigenvalue weighted by molar-refractivity contribution is -0.413. The molecule has 2 amide bonds. The predicted octanol–water partition coefficient (Wildman–Crippen LogP) is -24.7. The van der Waals surface area contributed by atoms with E-state index in [4.69, 9.17) is 99.5 Å². The topological polar surface area (TPSA) is 920 Å². The number of aliphatic hydroxyl groups is 33. The number of amides is 2. The Hall–Kier alpha value is -3.22. The van der Waals surface area contributed by atoms with Crippen LogP contribution in [0.4, 0.5) is 0 Å². The summed E-state index contributed by atoms with van der Waals surface area (Å²) in [5.74, 6) is -1.79. The van der Waals surface area contributed by atoms with Gasteiger partial charge in [0.25, 0.3) is 0 Å². The number of hydrogen-bond donors (Lipinski definition) is 35. The van der Waals surface area contributed by atoms with Gasteiger partial charge in [0.15, 0.2) is 69.2 Å². The van der Waals surface area contributed by atoms with E-state index >= 15 is 0 Å². The molecule has 0 aromatic heterocycles. The predicted molar refractivity (Wildman–Crippen MR) is 386 cm³/mol. The Morgan fingerprint density at radius 1 is 0.203 bits per heavy atom. The van der Waals surface area contributed by atoms with Gasteiger partial charge in [0.2, 0.25) is 11.8 Å². The van der Waals surface area contributed by atoms with Gasteiger partial charge in [-0.25, -0.2) is 0 Å². The lowest BCUT2D eigenvalue weighted by Crippen LogP contribution is -2.70. The van der Waals surface area contributed by atoms with E-state index in [2.05, 4.69) is 10.6 Å². The van der Waals surface area contributed by atoms with Crippen LogP contribution in [0.1, 0.15) is 13.8 Å². The summed E-state index contributed by atoms with van der Waals surface area (Å²) in [4.78, 5) is 25.3. The molecule has 0 aliphatic carbocycles. The Bertz CT molecular complexity index is 3380. The average Bonchev–Trinajstić information content (AvgIpc) is 0.763. The van der Waals surface area contributed by atoms with Crippen LogP contribution in [-0.2, 0) is 109 Å². The molecule has 58 nitrogen and oxygen atoms in total. The molecule has 35 N–H and O–H groups in total. The van der Waals surface area contributed by atoms with Gasteiger partial charge in [-0.05, 0) is 0 Å². The van der Waals surface area contributed by atoms with E-state index in [0.717, 1.165) is 13.8 Å². The van der Waals surface area contributed by atoms with Gasteiger partial charge in [-0.2, -0.15) is 0 Å². The Balaban J connectivity index is 0.942.